The summed E-state index contributed by atoms with van der Waals surface area (Å²) in [7, 11) is -2.04. The van der Waals surface area contributed by atoms with E-state index in [0.717, 1.165) is 22.3 Å². The number of aryl methyl sites for hydroxylation is 1. The Hall–Kier alpha value is -4.64. The average Bonchev–Trinajstić information content (AvgIpc) is 3.29. The van der Waals surface area contributed by atoms with Gasteiger partial charge < -0.3 is 9.15 Å². The van der Waals surface area contributed by atoms with Crippen molar-refractivity contribution in [2.75, 3.05) is 18.1 Å². The number of H-pyrrole nitrogens is 1. The molecule has 11 heteroatoms. The molecule has 2 aromatic heterocycles. The van der Waals surface area contributed by atoms with E-state index in [1.165, 1.54) is 19.4 Å². The number of methoxy groups -OCH3 is 1. The number of anilines is 1. The van der Waals surface area contributed by atoms with Gasteiger partial charge in [0.15, 0.2) is 5.82 Å². The minimum Gasteiger partial charge on any atom is -0.495 e. The van der Waals surface area contributed by atoms with Crippen LogP contribution in [0.5, 0.6) is 5.75 Å². The van der Waals surface area contributed by atoms with Gasteiger partial charge in [-0.1, -0.05) is 18.2 Å². The molecule has 0 spiro atoms. The van der Waals surface area contributed by atoms with Gasteiger partial charge in [0, 0.05) is 18.0 Å². The standard InChI is InChI=1S/C27H22FN3O6S/c1-15-4-9-22(37-15)20-14-21(31-11-10-23(32)29-27(31)33)25(28)24(26(20)36-2)18-6-5-17-13-19(30-38(3,34)35)8-7-16(17)12-18/h4-14,30H,1-3H3,(H,29,32,33). The van der Waals surface area contributed by atoms with Crippen molar-refractivity contribution >= 4 is 26.5 Å². The van der Waals surface area contributed by atoms with Crippen molar-refractivity contribution in [3.8, 4) is 33.9 Å². The lowest BCUT2D eigenvalue weighted by Crippen LogP contribution is -2.28. The zero-order chi connectivity index (χ0) is 27.2. The van der Waals surface area contributed by atoms with E-state index in [2.05, 4.69) is 9.71 Å². The molecule has 0 bridgehead atoms. The van der Waals surface area contributed by atoms with Crippen LogP contribution in [0.4, 0.5) is 10.1 Å². The number of hydrogen-bond donors (Lipinski definition) is 2. The molecular formula is C27H22FN3O6S. The highest BCUT2D eigenvalue weighted by Crippen LogP contribution is 2.44. The second-order valence-corrected chi connectivity index (χ2v) is 10.5. The van der Waals surface area contributed by atoms with Crippen molar-refractivity contribution in [2.45, 2.75) is 6.92 Å². The average molecular weight is 536 g/mol. The number of furan rings is 1. The third-order valence-corrected chi connectivity index (χ3v) is 6.53. The zero-order valence-corrected chi connectivity index (χ0v) is 21.4. The Labute approximate surface area is 216 Å². The molecule has 3 aromatic carbocycles. The maximum atomic E-state index is 16.3. The number of aromatic amines is 1. The summed E-state index contributed by atoms with van der Waals surface area (Å²) in [6.45, 7) is 1.77. The van der Waals surface area contributed by atoms with Crippen molar-refractivity contribution in [1.29, 1.82) is 0 Å². The van der Waals surface area contributed by atoms with Gasteiger partial charge in [-0.2, -0.15) is 0 Å². The van der Waals surface area contributed by atoms with Crippen molar-refractivity contribution in [1.82, 2.24) is 9.55 Å². The summed E-state index contributed by atoms with van der Waals surface area (Å²) in [4.78, 5) is 26.4. The van der Waals surface area contributed by atoms with Crippen LogP contribution in [-0.2, 0) is 10.0 Å². The topological polar surface area (TPSA) is 123 Å². The Morgan fingerprint density at radius 2 is 1.74 bits per heavy atom. The minimum absolute atomic E-state index is 0.0763. The first-order valence-corrected chi connectivity index (χ1v) is 13.2. The van der Waals surface area contributed by atoms with Crippen LogP contribution in [0.2, 0.25) is 0 Å². The molecule has 0 atom stereocenters. The van der Waals surface area contributed by atoms with Crippen LogP contribution >= 0.6 is 0 Å². The molecule has 0 fully saturated rings. The number of halogens is 1. The van der Waals surface area contributed by atoms with Crippen molar-refractivity contribution in [3.05, 3.63) is 99.3 Å². The molecule has 0 saturated heterocycles. The highest BCUT2D eigenvalue weighted by atomic mass is 32.2. The lowest BCUT2D eigenvalue weighted by atomic mass is 9.95. The first kappa shape index (κ1) is 25.0. The van der Waals surface area contributed by atoms with E-state index in [1.54, 1.807) is 55.5 Å². The van der Waals surface area contributed by atoms with Crippen molar-refractivity contribution in [2.24, 2.45) is 0 Å². The van der Waals surface area contributed by atoms with Gasteiger partial charge in [-0.25, -0.2) is 17.6 Å². The number of nitrogens with zero attached hydrogens (tertiary/aromatic N) is 1. The van der Waals surface area contributed by atoms with Gasteiger partial charge in [-0.05, 0) is 59.7 Å². The largest absolute Gasteiger partial charge is 0.495 e. The van der Waals surface area contributed by atoms with Gasteiger partial charge in [0.1, 0.15) is 17.3 Å². The predicted molar refractivity (Wildman–Crippen MR) is 143 cm³/mol. The number of rotatable bonds is 6. The van der Waals surface area contributed by atoms with Crippen LogP contribution in [0.15, 0.2) is 80.9 Å². The number of sulfonamides is 1. The minimum atomic E-state index is -3.45. The number of ether oxygens (including phenoxy) is 1. The lowest BCUT2D eigenvalue weighted by Gasteiger charge is -2.18. The third kappa shape index (κ3) is 4.71. The van der Waals surface area contributed by atoms with Crippen LogP contribution < -0.4 is 20.7 Å². The summed E-state index contributed by atoms with van der Waals surface area (Å²) in [5.74, 6) is 0.460. The summed E-state index contributed by atoms with van der Waals surface area (Å²) >= 11 is 0. The number of fused-ring (bicyclic) bond motifs is 1. The van der Waals surface area contributed by atoms with Crippen molar-refractivity contribution < 1.29 is 22.0 Å². The maximum Gasteiger partial charge on any atom is 0.333 e. The second kappa shape index (κ2) is 9.34. The van der Waals surface area contributed by atoms with Crippen LogP contribution in [0.3, 0.4) is 0 Å². The molecule has 5 rings (SSSR count). The number of nitrogens with one attached hydrogen (secondary N) is 2. The molecule has 0 unspecified atom stereocenters. The van der Waals surface area contributed by atoms with Crippen LogP contribution in [-0.4, -0.2) is 31.3 Å². The smallest absolute Gasteiger partial charge is 0.333 e. The van der Waals surface area contributed by atoms with Crippen molar-refractivity contribution in [3.63, 3.8) is 0 Å². The van der Waals surface area contributed by atoms with Gasteiger partial charge in [-0.3, -0.25) is 19.1 Å². The number of benzene rings is 3. The molecule has 0 aliphatic rings. The van der Waals surface area contributed by atoms with E-state index in [1.807, 2.05) is 0 Å². The van der Waals surface area contributed by atoms with Gasteiger partial charge in [-0.15, -0.1) is 0 Å². The number of hydrogen-bond acceptors (Lipinski definition) is 6. The van der Waals surface area contributed by atoms with Gasteiger partial charge in [0.05, 0.1) is 30.2 Å². The van der Waals surface area contributed by atoms with E-state index in [9.17, 15) is 18.0 Å². The Balaban J connectivity index is 1.78. The second-order valence-electron chi connectivity index (χ2n) is 8.71. The van der Waals surface area contributed by atoms with Crippen LogP contribution in [0, 0.1) is 12.7 Å². The molecule has 5 aromatic rings. The first-order valence-electron chi connectivity index (χ1n) is 11.4. The molecular weight excluding hydrogens is 513 g/mol. The van der Waals surface area contributed by atoms with E-state index < -0.39 is 27.1 Å². The molecule has 0 aliphatic heterocycles. The highest BCUT2D eigenvalue weighted by Gasteiger charge is 2.25. The van der Waals surface area contributed by atoms with E-state index in [0.29, 0.717) is 33.7 Å². The molecule has 194 valence electrons. The summed E-state index contributed by atoms with van der Waals surface area (Å²) < 4.78 is 54.4. The molecule has 0 saturated carbocycles. The Morgan fingerprint density at radius 1 is 1.00 bits per heavy atom. The SMILES string of the molecule is COc1c(-c2ccc(C)o2)cc(-n2ccc(=O)[nH]c2=O)c(F)c1-c1ccc2cc(NS(C)(=O)=O)ccc2c1. The normalized spacial score (nSPS) is 11.6. The summed E-state index contributed by atoms with van der Waals surface area (Å²) in [6, 6.07) is 16.1. The first-order chi connectivity index (χ1) is 18.0. The molecule has 0 radical (unpaired) electrons. The van der Waals surface area contributed by atoms with Crippen LogP contribution in [0.1, 0.15) is 5.76 Å². The summed E-state index contributed by atoms with van der Waals surface area (Å²) in [6.07, 6.45) is 2.26. The Morgan fingerprint density at radius 3 is 2.39 bits per heavy atom. The molecule has 2 heterocycles. The predicted octanol–water partition coefficient (Wildman–Crippen LogP) is 4.43. The molecule has 0 aliphatic carbocycles. The zero-order valence-electron chi connectivity index (χ0n) is 20.5. The lowest BCUT2D eigenvalue weighted by molar-refractivity contribution is 0.412. The number of aromatic nitrogens is 2. The van der Waals surface area contributed by atoms with Gasteiger partial charge in [0.25, 0.3) is 5.56 Å². The Bertz CT molecular complexity index is 1940. The highest BCUT2D eigenvalue weighted by molar-refractivity contribution is 7.92. The van der Waals surface area contributed by atoms with E-state index in [-0.39, 0.29) is 17.0 Å². The maximum absolute atomic E-state index is 16.3. The molecule has 2 N–H and O–H groups in total. The fourth-order valence-electron chi connectivity index (χ4n) is 4.32. The Kier molecular flexibility index (Phi) is 6.15. The van der Waals surface area contributed by atoms with E-state index >= 15 is 4.39 Å². The third-order valence-electron chi connectivity index (χ3n) is 5.92. The van der Waals surface area contributed by atoms with Crippen LogP contribution in [0.25, 0.3) is 38.9 Å². The fraction of sp³-hybridized carbons (Fsp3) is 0.111. The van der Waals surface area contributed by atoms with Gasteiger partial charge >= 0.3 is 5.69 Å². The molecule has 9 nitrogen and oxygen atoms in total. The summed E-state index contributed by atoms with van der Waals surface area (Å²) in [5, 5.41) is 1.43. The van der Waals surface area contributed by atoms with Gasteiger partial charge in [0.2, 0.25) is 10.0 Å². The van der Waals surface area contributed by atoms with E-state index in [4.69, 9.17) is 9.15 Å². The fourth-order valence-corrected chi connectivity index (χ4v) is 4.88. The molecule has 0 amide bonds. The molecule has 38 heavy (non-hydrogen) atoms. The monoisotopic (exact) mass is 535 g/mol. The summed E-state index contributed by atoms with van der Waals surface area (Å²) in [5.41, 5.74) is -0.213. The quantitative estimate of drug-likeness (QED) is 0.332.